The summed E-state index contributed by atoms with van der Waals surface area (Å²) in [4.78, 5) is 73.7. The van der Waals surface area contributed by atoms with Gasteiger partial charge in [-0.3, -0.25) is 34.2 Å². The van der Waals surface area contributed by atoms with Crippen molar-refractivity contribution in [3.8, 4) is 11.1 Å². The highest BCUT2D eigenvalue weighted by atomic mass is 32.1. The second-order valence-corrected chi connectivity index (χ2v) is 9.18. The SMILES string of the molecule is CCOC(=O)c1c(-c2ccc(C)cc2)csc1NC(=O)COC(=O)CN1C(=O)c2cccc([N+](=O)[O-])c2C1=O. The van der Waals surface area contributed by atoms with Crippen LogP contribution >= 0.6 is 11.3 Å². The second kappa shape index (κ2) is 11.2. The monoisotopic (exact) mass is 551 g/mol. The molecule has 39 heavy (non-hydrogen) atoms. The average Bonchev–Trinajstić information content (AvgIpc) is 3.42. The van der Waals surface area contributed by atoms with Gasteiger partial charge in [0.2, 0.25) is 0 Å². The maximum absolute atomic E-state index is 12.7. The minimum absolute atomic E-state index is 0.119. The number of carbonyl (C=O) groups excluding carboxylic acids is 5. The fourth-order valence-corrected chi connectivity index (χ4v) is 4.87. The molecule has 200 valence electrons. The van der Waals surface area contributed by atoms with E-state index in [9.17, 15) is 34.1 Å². The Labute approximate surface area is 225 Å². The van der Waals surface area contributed by atoms with Crippen LogP contribution in [0, 0.1) is 17.0 Å². The summed E-state index contributed by atoms with van der Waals surface area (Å²) in [6.07, 6.45) is 0. The van der Waals surface area contributed by atoms with E-state index >= 15 is 0 Å². The van der Waals surface area contributed by atoms with Crippen molar-refractivity contribution < 1.29 is 38.4 Å². The van der Waals surface area contributed by atoms with Crippen LogP contribution in [-0.2, 0) is 19.1 Å². The molecule has 0 saturated heterocycles. The van der Waals surface area contributed by atoms with Crippen LogP contribution in [0.2, 0.25) is 0 Å². The Balaban J connectivity index is 1.42. The van der Waals surface area contributed by atoms with Gasteiger partial charge in [-0.2, -0.15) is 0 Å². The lowest BCUT2D eigenvalue weighted by Gasteiger charge is -2.13. The summed E-state index contributed by atoms with van der Waals surface area (Å²) in [5.74, 6) is -4.39. The number of carbonyl (C=O) groups is 5. The summed E-state index contributed by atoms with van der Waals surface area (Å²) < 4.78 is 10.1. The molecule has 12 nitrogen and oxygen atoms in total. The number of rotatable bonds is 9. The summed E-state index contributed by atoms with van der Waals surface area (Å²) in [5.41, 5.74) is 1.32. The topological polar surface area (TPSA) is 162 Å². The van der Waals surface area contributed by atoms with Crippen molar-refractivity contribution in [2.24, 2.45) is 0 Å². The van der Waals surface area contributed by atoms with Crippen LogP contribution in [0.3, 0.4) is 0 Å². The Kier molecular flexibility index (Phi) is 7.81. The number of hydrogen-bond acceptors (Lipinski definition) is 10. The van der Waals surface area contributed by atoms with Gasteiger partial charge in [-0.15, -0.1) is 11.3 Å². The molecule has 1 aromatic heterocycles. The molecule has 3 amide bonds. The molecule has 0 unspecified atom stereocenters. The first-order valence-electron chi connectivity index (χ1n) is 11.6. The maximum Gasteiger partial charge on any atom is 0.341 e. The second-order valence-electron chi connectivity index (χ2n) is 8.30. The molecular formula is C26H21N3O9S. The van der Waals surface area contributed by atoms with Crippen LogP contribution in [0.25, 0.3) is 11.1 Å². The van der Waals surface area contributed by atoms with Gasteiger partial charge in [0, 0.05) is 17.0 Å². The highest BCUT2D eigenvalue weighted by Crippen LogP contribution is 2.36. The quantitative estimate of drug-likeness (QED) is 0.181. The molecule has 1 N–H and O–H groups in total. The third-order valence-corrected chi connectivity index (χ3v) is 6.61. The number of nitro groups is 1. The Morgan fingerprint density at radius 3 is 2.41 bits per heavy atom. The fourth-order valence-electron chi connectivity index (χ4n) is 3.90. The van der Waals surface area contributed by atoms with Crippen molar-refractivity contribution in [2.75, 3.05) is 25.1 Å². The summed E-state index contributed by atoms with van der Waals surface area (Å²) in [7, 11) is 0. The van der Waals surface area contributed by atoms with Gasteiger partial charge in [0.05, 0.1) is 17.1 Å². The van der Waals surface area contributed by atoms with Crippen LogP contribution in [0.4, 0.5) is 10.7 Å². The number of nitrogens with one attached hydrogen (secondary N) is 1. The molecule has 0 saturated carbocycles. The molecule has 3 aromatic rings. The number of hydrogen-bond donors (Lipinski definition) is 1. The van der Waals surface area contributed by atoms with Gasteiger partial charge in [-0.25, -0.2) is 4.79 Å². The highest BCUT2D eigenvalue weighted by molar-refractivity contribution is 7.15. The highest BCUT2D eigenvalue weighted by Gasteiger charge is 2.42. The number of aryl methyl sites for hydroxylation is 1. The van der Waals surface area contributed by atoms with E-state index in [-0.39, 0.29) is 22.7 Å². The van der Waals surface area contributed by atoms with Crippen LogP contribution in [-0.4, -0.2) is 59.2 Å². The van der Waals surface area contributed by atoms with Gasteiger partial charge < -0.3 is 14.8 Å². The van der Waals surface area contributed by atoms with Gasteiger partial charge in [0.25, 0.3) is 23.4 Å². The Hall–Kier alpha value is -4.91. The molecule has 0 spiro atoms. The van der Waals surface area contributed by atoms with E-state index < -0.39 is 59.0 Å². The number of imide groups is 1. The zero-order valence-electron chi connectivity index (χ0n) is 20.7. The van der Waals surface area contributed by atoms with Gasteiger partial charge in [-0.05, 0) is 25.5 Å². The molecule has 13 heteroatoms. The minimum Gasteiger partial charge on any atom is -0.462 e. The first-order valence-corrected chi connectivity index (χ1v) is 12.4. The number of nitro benzene ring substituents is 1. The maximum atomic E-state index is 12.7. The Bertz CT molecular complexity index is 1510. The molecule has 0 bridgehead atoms. The molecule has 0 fully saturated rings. The summed E-state index contributed by atoms with van der Waals surface area (Å²) in [6, 6.07) is 11.0. The van der Waals surface area contributed by atoms with Crippen molar-refractivity contribution in [3.63, 3.8) is 0 Å². The zero-order chi connectivity index (χ0) is 28.3. The number of amides is 3. The predicted octanol–water partition coefficient (Wildman–Crippen LogP) is 3.59. The van der Waals surface area contributed by atoms with E-state index in [1.807, 2.05) is 31.2 Å². The molecule has 1 aliphatic rings. The summed E-state index contributed by atoms with van der Waals surface area (Å²) >= 11 is 1.09. The van der Waals surface area contributed by atoms with Crippen molar-refractivity contribution in [1.82, 2.24) is 4.90 Å². The molecule has 0 aliphatic carbocycles. The molecular weight excluding hydrogens is 530 g/mol. The van der Waals surface area contributed by atoms with E-state index in [2.05, 4.69) is 5.32 Å². The lowest BCUT2D eigenvalue weighted by molar-refractivity contribution is -0.385. The minimum atomic E-state index is -1.08. The number of nitrogens with zero attached hydrogens (tertiary/aromatic N) is 2. The van der Waals surface area contributed by atoms with E-state index in [1.165, 1.54) is 12.1 Å². The average molecular weight is 552 g/mol. The lowest BCUT2D eigenvalue weighted by atomic mass is 10.0. The van der Waals surface area contributed by atoms with Crippen LogP contribution < -0.4 is 5.32 Å². The van der Waals surface area contributed by atoms with Crippen molar-refractivity contribution in [2.45, 2.75) is 13.8 Å². The van der Waals surface area contributed by atoms with Crippen molar-refractivity contribution in [1.29, 1.82) is 0 Å². The number of fused-ring (bicyclic) bond motifs is 1. The first-order chi connectivity index (χ1) is 18.6. The predicted molar refractivity (Wildman–Crippen MR) is 139 cm³/mol. The van der Waals surface area contributed by atoms with Gasteiger partial charge >= 0.3 is 11.9 Å². The Morgan fingerprint density at radius 2 is 1.74 bits per heavy atom. The lowest BCUT2D eigenvalue weighted by Crippen LogP contribution is -2.36. The number of anilines is 1. The number of esters is 2. The molecule has 4 rings (SSSR count). The zero-order valence-corrected chi connectivity index (χ0v) is 21.5. The molecule has 2 aromatic carbocycles. The molecule has 1 aliphatic heterocycles. The largest absolute Gasteiger partial charge is 0.462 e. The standard InChI is InChI=1S/C26H21N3O9S/c1-3-37-26(34)22-17(15-9-7-14(2)8-10-15)13-39-23(22)27-19(30)12-38-20(31)11-28-24(32)16-5-4-6-18(29(35)36)21(16)25(28)33/h4-10,13H,3,11-12H2,1-2H3,(H,27,30). The van der Waals surface area contributed by atoms with E-state index in [4.69, 9.17) is 9.47 Å². The summed E-state index contributed by atoms with van der Waals surface area (Å²) in [5, 5.41) is 15.6. The van der Waals surface area contributed by atoms with Crippen LogP contribution in [0.1, 0.15) is 43.6 Å². The molecule has 0 atom stereocenters. The van der Waals surface area contributed by atoms with Crippen molar-refractivity contribution >= 4 is 51.7 Å². The molecule has 2 heterocycles. The van der Waals surface area contributed by atoms with E-state index in [0.29, 0.717) is 10.5 Å². The third kappa shape index (κ3) is 5.52. The van der Waals surface area contributed by atoms with Gasteiger partial charge in [0.15, 0.2) is 6.61 Å². The molecule has 0 radical (unpaired) electrons. The van der Waals surface area contributed by atoms with Crippen molar-refractivity contribution in [3.05, 3.63) is 80.2 Å². The third-order valence-electron chi connectivity index (χ3n) is 5.71. The number of benzene rings is 2. The van der Waals surface area contributed by atoms with E-state index in [1.54, 1.807) is 12.3 Å². The Morgan fingerprint density at radius 1 is 1.03 bits per heavy atom. The first kappa shape index (κ1) is 27.1. The fraction of sp³-hybridized carbons (Fsp3) is 0.192. The van der Waals surface area contributed by atoms with Crippen LogP contribution in [0.5, 0.6) is 0 Å². The summed E-state index contributed by atoms with van der Waals surface area (Å²) in [6.45, 7) is 2.08. The normalized spacial score (nSPS) is 12.2. The number of thiophene rings is 1. The van der Waals surface area contributed by atoms with Gasteiger partial charge in [-0.1, -0.05) is 35.9 Å². The smallest absolute Gasteiger partial charge is 0.341 e. The van der Waals surface area contributed by atoms with Gasteiger partial charge in [0.1, 0.15) is 22.7 Å². The van der Waals surface area contributed by atoms with E-state index in [0.717, 1.165) is 28.5 Å². The van der Waals surface area contributed by atoms with Crippen LogP contribution in [0.15, 0.2) is 47.8 Å². The number of ether oxygens (including phenoxy) is 2.